The number of ether oxygens (including phenoxy) is 2. The lowest BCUT2D eigenvalue weighted by molar-refractivity contribution is 0.195. The Morgan fingerprint density at radius 2 is 2.21 bits per heavy atom. The van der Waals surface area contributed by atoms with Crippen LogP contribution in [0.4, 0.5) is 5.69 Å². The fourth-order valence-corrected chi connectivity index (χ4v) is 0.917. The SMILES string of the molecule is CCOc1nc(OCCO)ccc1N. The van der Waals surface area contributed by atoms with Crippen LogP contribution in [0, 0.1) is 0 Å². The maximum absolute atomic E-state index is 8.55. The molecule has 0 aliphatic rings. The number of aliphatic hydroxyl groups is 1. The van der Waals surface area contributed by atoms with E-state index in [4.69, 9.17) is 20.3 Å². The number of nitrogens with zero attached hydrogens (tertiary/aromatic N) is 1. The Balaban J connectivity index is 2.72. The van der Waals surface area contributed by atoms with Gasteiger partial charge in [0.25, 0.3) is 0 Å². The summed E-state index contributed by atoms with van der Waals surface area (Å²) in [5, 5.41) is 8.55. The maximum Gasteiger partial charge on any atom is 0.240 e. The second-order valence-electron chi connectivity index (χ2n) is 2.55. The van der Waals surface area contributed by atoms with Crippen molar-refractivity contribution < 1.29 is 14.6 Å². The lowest BCUT2D eigenvalue weighted by Crippen LogP contribution is -2.05. The van der Waals surface area contributed by atoms with Crippen molar-refractivity contribution in [3.63, 3.8) is 0 Å². The largest absolute Gasteiger partial charge is 0.476 e. The molecule has 1 aromatic heterocycles. The summed E-state index contributed by atoms with van der Waals surface area (Å²) >= 11 is 0. The van der Waals surface area contributed by atoms with Crippen molar-refractivity contribution in [1.29, 1.82) is 0 Å². The molecule has 5 nitrogen and oxygen atoms in total. The van der Waals surface area contributed by atoms with Crippen LogP contribution in [0.25, 0.3) is 0 Å². The minimum Gasteiger partial charge on any atom is -0.476 e. The third kappa shape index (κ3) is 2.77. The number of nitrogens with two attached hydrogens (primary N) is 1. The van der Waals surface area contributed by atoms with E-state index in [1.54, 1.807) is 12.1 Å². The molecule has 0 spiro atoms. The lowest BCUT2D eigenvalue weighted by Gasteiger charge is -2.08. The Morgan fingerprint density at radius 3 is 2.86 bits per heavy atom. The van der Waals surface area contributed by atoms with Crippen LogP contribution in [0.3, 0.4) is 0 Å². The first-order valence-corrected chi connectivity index (χ1v) is 4.41. The minimum atomic E-state index is -0.0456. The van der Waals surface area contributed by atoms with E-state index >= 15 is 0 Å². The van der Waals surface area contributed by atoms with E-state index in [9.17, 15) is 0 Å². The van der Waals surface area contributed by atoms with Crippen LogP contribution >= 0.6 is 0 Å². The molecule has 0 bridgehead atoms. The molecule has 0 fully saturated rings. The first-order chi connectivity index (χ1) is 6.77. The van der Waals surface area contributed by atoms with Gasteiger partial charge in [0.2, 0.25) is 11.8 Å². The first-order valence-electron chi connectivity index (χ1n) is 4.41. The van der Waals surface area contributed by atoms with Gasteiger partial charge in [0.15, 0.2) is 0 Å². The predicted octanol–water partition coefficient (Wildman–Crippen LogP) is 0.434. The normalized spacial score (nSPS) is 9.86. The van der Waals surface area contributed by atoms with Crippen molar-refractivity contribution in [2.45, 2.75) is 6.92 Å². The molecule has 14 heavy (non-hydrogen) atoms. The number of aromatic nitrogens is 1. The Bertz CT molecular complexity index is 291. The number of anilines is 1. The van der Waals surface area contributed by atoms with Gasteiger partial charge in [0.1, 0.15) is 6.61 Å². The highest BCUT2D eigenvalue weighted by Crippen LogP contribution is 2.21. The van der Waals surface area contributed by atoms with Crippen LogP contribution in [-0.2, 0) is 0 Å². The zero-order valence-corrected chi connectivity index (χ0v) is 8.06. The van der Waals surface area contributed by atoms with E-state index in [2.05, 4.69) is 4.98 Å². The molecule has 0 radical (unpaired) electrons. The third-order valence-corrected chi connectivity index (χ3v) is 1.49. The second kappa shape index (κ2) is 5.29. The highest BCUT2D eigenvalue weighted by molar-refractivity contribution is 5.49. The minimum absolute atomic E-state index is 0.0456. The quantitative estimate of drug-likeness (QED) is 0.717. The predicted molar refractivity (Wildman–Crippen MR) is 52.4 cm³/mol. The summed E-state index contributed by atoms with van der Waals surface area (Å²) in [5.41, 5.74) is 6.09. The van der Waals surface area contributed by atoms with Crippen LogP contribution < -0.4 is 15.2 Å². The average Bonchev–Trinajstić information content (AvgIpc) is 2.19. The molecule has 0 aromatic carbocycles. The summed E-state index contributed by atoms with van der Waals surface area (Å²) < 4.78 is 10.3. The van der Waals surface area contributed by atoms with Crippen LogP contribution in [0.1, 0.15) is 6.92 Å². The fraction of sp³-hybridized carbons (Fsp3) is 0.444. The Hall–Kier alpha value is -1.49. The van der Waals surface area contributed by atoms with Crippen molar-refractivity contribution in [3.05, 3.63) is 12.1 Å². The van der Waals surface area contributed by atoms with Gasteiger partial charge in [-0.15, -0.1) is 0 Å². The van der Waals surface area contributed by atoms with Crippen molar-refractivity contribution in [1.82, 2.24) is 4.98 Å². The van der Waals surface area contributed by atoms with Gasteiger partial charge in [-0.3, -0.25) is 0 Å². The molecule has 0 atom stereocenters. The molecule has 0 saturated heterocycles. The molecular weight excluding hydrogens is 184 g/mol. The van der Waals surface area contributed by atoms with Gasteiger partial charge in [0.05, 0.1) is 18.9 Å². The maximum atomic E-state index is 8.55. The second-order valence-corrected chi connectivity index (χ2v) is 2.55. The summed E-state index contributed by atoms with van der Waals surface area (Å²) in [7, 11) is 0. The zero-order valence-electron chi connectivity index (χ0n) is 8.06. The average molecular weight is 198 g/mol. The zero-order chi connectivity index (χ0) is 10.4. The molecule has 0 aliphatic heterocycles. The van der Waals surface area contributed by atoms with E-state index in [-0.39, 0.29) is 13.2 Å². The lowest BCUT2D eigenvalue weighted by atomic mass is 10.4. The highest BCUT2D eigenvalue weighted by atomic mass is 16.5. The first kappa shape index (κ1) is 10.6. The van der Waals surface area contributed by atoms with Gasteiger partial charge < -0.3 is 20.3 Å². The molecule has 1 heterocycles. The topological polar surface area (TPSA) is 77.6 Å². The smallest absolute Gasteiger partial charge is 0.240 e. The van der Waals surface area contributed by atoms with E-state index in [0.717, 1.165) is 0 Å². The Labute approximate surface area is 82.5 Å². The van der Waals surface area contributed by atoms with Gasteiger partial charge in [0, 0.05) is 6.07 Å². The van der Waals surface area contributed by atoms with Crippen LogP contribution in [0.15, 0.2) is 12.1 Å². The van der Waals surface area contributed by atoms with E-state index in [1.165, 1.54) is 0 Å². The van der Waals surface area contributed by atoms with Gasteiger partial charge in [-0.1, -0.05) is 0 Å². The van der Waals surface area contributed by atoms with Crippen molar-refractivity contribution in [2.24, 2.45) is 0 Å². The molecule has 0 amide bonds. The molecule has 1 aromatic rings. The molecular formula is C9H14N2O3. The molecule has 0 aliphatic carbocycles. The summed E-state index contributed by atoms with van der Waals surface area (Å²) in [5.74, 6) is 0.764. The van der Waals surface area contributed by atoms with Crippen LogP contribution in [0.5, 0.6) is 11.8 Å². The summed E-state index contributed by atoms with van der Waals surface area (Å²) in [6.45, 7) is 2.52. The molecule has 0 saturated carbocycles. The monoisotopic (exact) mass is 198 g/mol. The van der Waals surface area contributed by atoms with Gasteiger partial charge >= 0.3 is 0 Å². The number of rotatable bonds is 5. The molecule has 5 heteroatoms. The number of hydrogen-bond donors (Lipinski definition) is 2. The Kier molecular flexibility index (Phi) is 4.00. The number of aliphatic hydroxyl groups excluding tert-OH is 1. The van der Waals surface area contributed by atoms with E-state index in [0.29, 0.717) is 24.1 Å². The standard InChI is InChI=1S/C9H14N2O3/c1-2-13-9-7(10)3-4-8(11-9)14-6-5-12/h3-4,12H,2,5-6,10H2,1H3. The molecule has 78 valence electrons. The van der Waals surface area contributed by atoms with Crippen molar-refractivity contribution in [2.75, 3.05) is 25.6 Å². The van der Waals surface area contributed by atoms with Crippen LogP contribution in [0.2, 0.25) is 0 Å². The summed E-state index contributed by atoms with van der Waals surface area (Å²) in [6, 6.07) is 3.29. The van der Waals surface area contributed by atoms with Gasteiger partial charge in [-0.25, -0.2) is 0 Å². The summed E-state index contributed by atoms with van der Waals surface area (Å²) in [4.78, 5) is 4.02. The molecule has 0 unspecified atom stereocenters. The van der Waals surface area contributed by atoms with Crippen LogP contribution in [-0.4, -0.2) is 29.9 Å². The summed E-state index contributed by atoms with van der Waals surface area (Å²) in [6.07, 6.45) is 0. The molecule has 1 rings (SSSR count). The van der Waals surface area contributed by atoms with Crippen molar-refractivity contribution >= 4 is 5.69 Å². The van der Waals surface area contributed by atoms with Gasteiger partial charge in [-0.05, 0) is 13.0 Å². The number of pyridine rings is 1. The van der Waals surface area contributed by atoms with E-state index < -0.39 is 0 Å². The Morgan fingerprint density at radius 1 is 1.43 bits per heavy atom. The highest BCUT2D eigenvalue weighted by Gasteiger charge is 2.03. The fourth-order valence-electron chi connectivity index (χ4n) is 0.917. The van der Waals surface area contributed by atoms with Crippen molar-refractivity contribution in [3.8, 4) is 11.8 Å². The third-order valence-electron chi connectivity index (χ3n) is 1.49. The molecule has 3 N–H and O–H groups in total. The van der Waals surface area contributed by atoms with E-state index in [1.807, 2.05) is 6.92 Å². The van der Waals surface area contributed by atoms with Gasteiger partial charge in [-0.2, -0.15) is 4.98 Å². The number of hydrogen-bond acceptors (Lipinski definition) is 5. The number of nitrogen functional groups attached to an aromatic ring is 1.